The Kier molecular flexibility index (Phi) is 4.18. The van der Waals surface area contributed by atoms with Crippen LogP contribution in [0.2, 0.25) is 5.02 Å². The van der Waals surface area contributed by atoms with Gasteiger partial charge < -0.3 is 0 Å². The molecule has 1 aromatic heterocycles. The Morgan fingerprint density at radius 2 is 2.15 bits per heavy atom. The molecular weight excluding hydrogens is 278 g/mol. The van der Waals surface area contributed by atoms with Crippen molar-refractivity contribution in [2.45, 2.75) is 6.04 Å². The Labute approximate surface area is 119 Å². The van der Waals surface area contributed by atoms with Crippen LogP contribution < -0.4 is 0 Å². The molecule has 0 radical (unpaired) electrons. The first-order valence-electron chi connectivity index (χ1n) is 5.63. The number of hydrogen-bond donors (Lipinski definition) is 0. The Hall–Kier alpha value is -2.58. The van der Waals surface area contributed by atoms with Gasteiger partial charge in [0.25, 0.3) is 0 Å². The van der Waals surface area contributed by atoms with E-state index in [1.54, 1.807) is 18.2 Å². The lowest BCUT2D eigenvalue weighted by Gasteiger charge is -2.13. The fraction of sp³-hybridized carbons (Fsp3) is 0.0714. The minimum atomic E-state index is -1.00. The molecule has 5 nitrogen and oxygen atoms in total. The summed E-state index contributed by atoms with van der Waals surface area (Å²) in [7, 11) is 0. The summed E-state index contributed by atoms with van der Waals surface area (Å²) in [5, 5.41) is 12.4. The van der Waals surface area contributed by atoms with Gasteiger partial charge in [-0.15, -0.1) is 4.91 Å². The number of nitroso groups, excluding NO2 is 1. The third-order valence-corrected chi connectivity index (χ3v) is 3.05. The first-order chi connectivity index (χ1) is 9.71. The molecule has 0 bridgehead atoms. The average molecular weight is 286 g/mol. The molecule has 0 aliphatic heterocycles. The van der Waals surface area contributed by atoms with Crippen molar-refractivity contribution < 1.29 is 4.79 Å². The SMILES string of the molecule is N#Cc1ncccc1C(N=O)c1cc(Cl)ccc1C=O. The molecule has 1 aromatic carbocycles. The molecule has 0 N–H and O–H groups in total. The molecule has 0 amide bonds. The first kappa shape index (κ1) is 13.8. The number of aldehydes is 1. The van der Waals surface area contributed by atoms with Gasteiger partial charge in [0.05, 0.1) is 0 Å². The second-order valence-corrected chi connectivity index (χ2v) is 4.39. The fourth-order valence-electron chi connectivity index (χ4n) is 1.90. The Morgan fingerprint density at radius 3 is 2.80 bits per heavy atom. The normalized spacial score (nSPS) is 11.4. The molecule has 0 spiro atoms. The largest absolute Gasteiger partial charge is 0.298 e. The molecule has 1 heterocycles. The van der Waals surface area contributed by atoms with Gasteiger partial charge in [-0.25, -0.2) is 4.98 Å². The van der Waals surface area contributed by atoms with Crippen molar-refractivity contribution in [1.29, 1.82) is 5.26 Å². The van der Waals surface area contributed by atoms with E-state index in [2.05, 4.69) is 10.2 Å². The zero-order chi connectivity index (χ0) is 14.5. The van der Waals surface area contributed by atoms with Crippen LogP contribution in [-0.2, 0) is 0 Å². The van der Waals surface area contributed by atoms with Crippen LogP contribution in [0.4, 0.5) is 0 Å². The van der Waals surface area contributed by atoms with Gasteiger partial charge in [0.1, 0.15) is 24.1 Å². The third-order valence-electron chi connectivity index (χ3n) is 2.82. The molecule has 0 fully saturated rings. The summed E-state index contributed by atoms with van der Waals surface area (Å²) in [5.41, 5.74) is 1.09. The standard InChI is InChI=1S/C14H8ClN3O2/c15-10-4-3-9(8-19)12(6-10)14(18-20)11-2-1-5-17-13(11)7-16/h1-6,8,14H. The molecule has 0 saturated heterocycles. The molecule has 0 aliphatic rings. The van der Waals surface area contributed by atoms with E-state index in [1.165, 1.54) is 18.3 Å². The fourth-order valence-corrected chi connectivity index (χ4v) is 2.08. The molecule has 0 aliphatic carbocycles. The maximum atomic E-state index is 11.2. The number of benzene rings is 1. The summed E-state index contributed by atoms with van der Waals surface area (Å²) >= 11 is 5.90. The first-order valence-corrected chi connectivity index (χ1v) is 6.01. The highest BCUT2D eigenvalue weighted by Crippen LogP contribution is 2.31. The van der Waals surface area contributed by atoms with Gasteiger partial charge >= 0.3 is 0 Å². The van der Waals surface area contributed by atoms with Crippen molar-refractivity contribution in [3.8, 4) is 6.07 Å². The van der Waals surface area contributed by atoms with Gasteiger partial charge in [-0.3, -0.25) is 4.79 Å². The van der Waals surface area contributed by atoms with Crippen LogP contribution >= 0.6 is 11.6 Å². The highest BCUT2D eigenvalue weighted by atomic mass is 35.5. The number of hydrogen-bond acceptors (Lipinski definition) is 5. The van der Waals surface area contributed by atoms with Crippen molar-refractivity contribution in [2.24, 2.45) is 5.18 Å². The number of nitrogens with zero attached hydrogens (tertiary/aromatic N) is 3. The Bertz CT molecular complexity index is 710. The molecule has 1 atom stereocenters. The van der Waals surface area contributed by atoms with Crippen LogP contribution in [0, 0.1) is 16.2 Å². The number of nitriles is 1. The molecular formula is C14H8ClN3O2. The molecule has 2 rings (SSSR count). The van der Waals surface area contributed by atoms with E-state index in [4.69, 9.17) is 16.9 Å². The topological polar surface area (TPSA) is 83.2 Å². The van der Waals surface area contributed by atoms with E-state index in [-0.39, 0.29) is 5.69 Å². The van der Waals surface area contributed by atoms with Crippen molar-refractivity contribution >= 4 is 17.9 Å². The minimum absolute atomic E-state index is 0.0916. The summed E-state index contributed by atoms with van der Waals surface area (Å²) < 4.78 is 0. The number of carbonyl (C=O) groups excluding carboxylic acids is 1. The van der Waals surface area contributed by atoms with E-state index >= 15 is 0 Å². The highest BCUT2D eigenvalue weighted by molar-refractivity contribution is 6.30. The molecule has 0 saturated carbocycles. The second kappa shape index (κ2) is 6.04. The van der Waals surface area contributed by atoms with Gasteiger partial charge in [-0.1, -0.05) is 22.8 Å². The van der Waals surface area contributed by atoms with E-state index in [0.29, 0.717) is 28.0 Å². The van der Waals surface area contributed by atoms with Crippen LogP contribution in [0.3, 0.4) is 0 Å². The van der Waals surface area contributed by atoms with Crippen molar-refractivity contribution in [3.63, 3.8) is 0 Å². The summed E-state index contributed by atoms with van der Waals surface area (Å²) in [6.45, 7) is 0. The second-order valence-electron chi connectivity index (χ2n) is 3.95. The zero-order valence-electron chi connectivity index (χ0n) is 10.2. The number of carbonyl (C=O) groups is 1. The molecule has 98 valence electrons. The van der Waals surface area contributed by atoms with Gasteiger partial charge in [-0.2, -0.15) is 5.26 Å². The molecule has 1 unspecified atom stereocenters. The van der Waals surface area contributed by atoms with Gasteiger partial charge in [0.15, 0.2) is 0 Å². The van der Waals surface area contributed by atoms with Crippen LogP contribution in [0.15, 0.2) is 41.7 Å². The lowest BCUT2D eigenvalue weighted by Crippen LogP contribution is -2.05. The van der Waals surface area contributed by atoms with E-state index < -0.39 is 6.04 Å². The number of rotatable bonds is 4. The smallest absolute Gasteiger partial charge is 0.150 e. The summed E-state index contributed by atoms with van der Waals surface area (Å²) in [6.07, 6.45) is 2.06. The average Bonchev–Trinajstić information content (AvgIpc) is 2.49. The molecule has 6 heteroatoms. The van der Waals surface area contributed by atoms with Crippen molar-refractivity contribution in [2.75, 3.05) is 0 Å². The predicted molar refractivity (Wildman–Crippen MR) is 73.4 cm³/mol. The van der Waals surface area contributed by atoms with Gasteiger partial charge in [0, 0.05) is 22.3 Å². The van der Waals surface area contributed by atoms with Crippen molar-refractivity contribution in [3.05, 3.63) is 68.8 Å². The Balaban J connectivity index is 2.64. The molecule has 20 heavy (non-hydrogen) atoms. The Morgan fingerprint density at radius 1 is 1.35 bits per heavy atom. The zero-order valence-corrected chi connectivity index (χ0v) is 10.9. The van der Waals surface area contributed by atoms with E-state index in [9.17, 15) is 9.70 Å². The van der Waals surface area contributed by atoms with Crippen LogP contribution in [0.1, 0.15) is 33.2 Å². The van der Waals surface area contributed by atoms with Gasteiger partial charge in [-0.05, 0) is 29.8 Å². The number of halogens is 1. The maximum absolute atomic E-state index is 11.2. The van der Waals surface area contributed by atoms with E-state index in [1.807, 2.05) is 6.07 Å². The number of pyridine rings is 1. The van der Waals surface area contributed by atoms with Crippen molar-refractivity contribution in [1.82, 2.24) is 4.98 Å². The lowest BCUT2D eigenvalue weighted by molar-refractivity contribution is 0.112. The summed E-state index contributed by atoms with van der Waals surface area (Å²) in [5.74, 6) is 0. The van der Waals surface area contributed by atoms with Crippen LogP contribution in [0.25, 0.3) is 0 Å². The summed E-state index contributed by atoms with van der Waals surface area (Å²) in [4.78, 5) is 26.2. The van der Waals surface area contributed by atoms with Crippen LogP contribution in [0.5, 0.6) is 0 Å². The van der Waals surface area contributed by atoms with Gasteiger partial charge in [0.2, 0.25) is 0 Å². The highest BCUT2D eigenvalue weighted by Gasteiger charge is 2.22. The minimum Gasteiger partial charge on any atom is -0.298 e. The van der Waals surface area contributed by atoms with Crippen LogP contribution in [-0.4, -0.2) is 11.3 Å². The monoisotopic (exact) mass is 285 g/mol. The lowest BCUT2D eigenvalue weighted by atomic mass is 9.94. The molecule has 2 aromatic rings. The quantitative estimate of drug-likeness (QED) is 0.637. The third kappa shape index (κ3) is 2.56. The van der Waals surface area contributed by atoms with E-state index in [0.717, 1.165) is 0 Å². The maximum Gasteiger partial charge on any atom is 0.150 e. The number of aromatic nitrogens is 1. The predicted octanol–water partition coefficient (Wildman–Crippen LogP) is 3.27. The summed E-state index contributed by atoms with van der Waals surface area (Å²) in [6, 6.07) is 8.62.